The number of aromatic carboxylic acids is 2. The average molecular weight is 304 g/mol. The first kappa shape index (κ1) is 16.6. The third kappa shape index (κ3) is 4.93. The largest absolute Gasteiger partial charge is 0.478 e. The van der Waals surface area contributed by atoms with Gasteiger partial charge in [-0.2, -0.15) is 0 Å². The van der Waals surface area contributed by atoms with Gasteiger partial charge in [0.2, 0.25) is 0 Å². The molecule has 8 nitrogen and oxygen atoms in total. The molecule has 22 heavy (non-hydrogen) atoms. The van der Waals surface area contributed by atoms with Crippen molar-refractivity contribution in [2.75, 3.05) is 22.9 Å². The zero-order chi connectivity index (χ0) is 16.9. The summed E-state index contributed by atoms with van der Waals surface area (Å²) in [5.41, 5.74) is 23.1. The molecule has 0 spiro atoms. The van der Waals surface area contributed by atoms with Gasteiger partial charge in [0.15, 0.2) is 0 Å². The molecule has 0 aliphatic carbocycles. The fourth-order valence-electron chi connectivity index (χ4n) is 1.60. The van der Waals surface area contributed by atoms with Crippen LogP contribution in [0.15, 0.2) is 36.4 Å². The number of carboxylic acid groups (broad SMARTS) is 2. The number of nitrogen functional groups attached to an aromatic ring is 4. The van der Waals surface area contributed by atoms with E-state index in [1.165, 1.54) is 36.4 Å². The Hall–Kier alpha value is -3.42. The Morgan fingerprint density at radius 3 is 1.00 bits per heavy atom. The lowest BCUT2D eigenvalue weighted by Gasteiger charge is -1.98. The first-order valence-electron chi connectivity index (χ1n) is 5.97. The van der Waals surface area contributed by atoms with Crippen molar-refractivity contribution in [3.63, 3.8) is 0 Å². The van der Waals surface area contributed by atoms with E-state index in [4.69, 9.17) is 33.1 Å². The van der Waals surface area contributed by atoms with Crippen molar-refractivity contribution in [3.05, 3.63) is 47.5 Å². The van der Waals surface area contributed by atoms with Crippen LogP contribution in [0.4, 0.5) is 22.7 Å². The molecule has 0 aliphatic rings. The van der Waals surface area contributed by atoms with Crippen LogP contribution in [0.3, 0.4) is 0 Å². The zero-order valence-electron chi connectivity index (χ0n) is 11.5. The molecule has 0 aromatic heterocycles. The first-order chi connectivity index (χ1) is 10.2. The highest BCUT2D eigenvalue weighted by Crippen LogP contribution is 2.13. The topological polar surface area (TPSA) is 179 Å². The Labute approximate surface area is 125 Å². The number of rotatable bonds is 2. The summed E-state index contributed by atoms with van der Waals surface area (Å²) in [4.78, 5) is 20.8. The van der Waals surface area contributed by atoms with Crippen LogP contribution in [0, 0.1) is 0 Å². The standard InChI is InChI=1S/2C7H8N2O2/c2*8-5-1-4(7(10)11)2-6(9)3-5/h2*1-3H,8-9H2,(H,10,11). The summed E-state index contributed by atoms with van der Waals surface area (Å²) in [6.07, 6.45) is 0. The molecule has 0 unspecified atom stereocenters. The van der Waals surface area contributed by atoms with Gasteiger partial charge < -0.3 is 33.1 Å². The molecule has 8 heteroatoms. The summed E-state index contributed by atoms with van der Waals surface area (Å²) >= 11 is 0. The van der Waals surface area contributed by atoms with E-state index in [9.17, 15) is 9.59 Å². The fraction of sp³-hybridized carbons (Fsp3) is 0. The normalized spacial score (nSPS) is 9.45. The molecule has 2 aromatic carbocycles. The number of benzene rings is 2. The van der Waals surface area contributed by atoms with E-state index in [0.29, 0.717) is 22.7 Å². The first-order valence-corrected chi connectivity index (χ1v) is 5.97. The molecule has 0 fully saturated rings. The zero-order valence-corrected chi connectivity index (χ0v) is 11.5. The van der Waals surface area contributed by atoms with Crippen LogP contribution in [0.25, 0.3) is 0 Å². The van der Waals surface area contributed by atoms with E-state index >= 15 is 0 Å². The second kappa shape index (κ2) is 6.84. The predicted molar refractivity (Wildman–Crippen MR) is 84.5 cm³/mol. The van der Waals surface area contributed by atoms with Gasteiger partial charge in [-0.1, -0.05) is 0 Å². The minimum atomic E-state index is -1.02. The van der Waals surface area contributed by atoms with Gasteiger partial charge in [-0.3, -0.25) is 0 Å². The van der Waals surface area contributed by atoms with Crippen LogP contribution in [0.5, 0.6) is 0 Å². The summed E-state index contributed by atoms with van der Waals surface area (Å²) in [6.45, 7) is 0. The van der Waals surface area contributed by atoms with Gasteiger partial charge in [-0.15, -0.1) is 0 Å². The molecule has 116 valence electrons. The minimum absolute atomic E-state index is 0.113. The molecular formula is C14H16N4O4. The number of hydrogen-bond acceptors (Lipinski definition) is 6. The highest BCUT2D eigenvalue weighted by molar-refractivity contribution is 5.90. The van der Waals surface area contributed by atoms with E-state index in [-0.39, 0.29) is 11.1 Å². The minimum Gasteiger partial charge on any atom is -0.478 e. The average Bonchev–Trinajstić information content (AvgIpc) is 2.37. The van der Waals surface area contributed by atoms with Crippen LogP contribution in [-0.4, -0.2) is 22.2 Å². The molecule has 0 saturated heterocycles. The number of carboxylic acids is 2. The molecule has 0 atom stereocenters. The Kier molecular flexibility index (Phi) is 5.17. The number of anilines is 4. The van der Waals surface area contributed by atoms with Crippen molar-refractivity contribution >= 4 is 34.7 Å². The van der Waals surface area contributed by atoms with Crippen LogP contribution < -0.4 is 22.9 Å². The van der Waals surface area contributed by atoms with Crippen molar-refractivity contribution in [1.82, 2.24) is 0 Å². The molecule has 10 N–H and O–H groups in total. The van der Waals surface area contributed by atoms with Crippen LogP contribution >= 0.6 is 0 Å². The molecule has 2 rings (SSSR count). The maximum Gasteiger partial charge on any atom is 0.335 e. The number of hydrogen-bond donors (Lipinski definition) is 6. The van der Waals surface area contributed by atoms with Crippen molar-refractivity contribution in [3.8, 4) is 0 Å². The highest BCUT2D eigenvalue weighted by Gasteiger charge is 2.03. The quantitative estimate of drug-likeness (QED) is 0.446. The van der Waals surface area contributed by atoms with E-state index in [1.54, 1.807) is 0 Å². The van der Waals surface area contributed by atoms with Crippen molar-refractivity contribution < 1.29 is 19.8 Å². The van der Waals surface area contributed by atoms with Gasteiger partial charge in [0.1, 0.15) is 0 Å². The van der Waals surface area contributed by atoms with Crippen LogP contribution in [0.2, 0.25) is 0 Å². The van der Waals surface area contributed by atoms with Crippen LogP contribution in [0.1, 0.15) is 20.7 Å². The molecule has 0 aliphatic heterocycles. The van der Waals surface area contributed by atoms with E-state index in [1.807, 2.05) is 0 Å². The summed E-state index contributed by atoms with van der Waals surface area (Å²) in [5, 5.41) is 17.0. The van der Waals surface area contributed by atoms with Gasteiger partial charge in [0.25, 0.3) is 0 Å². The van der Waals surface area contributed by atoms with Crippen molar-refractivity contribution in [1.29, 1.82) is 0 Å². The molecule has 0 saturated carbocycles. The lowest BCUT2D eigenvalue weighted by molar-refractivity contribution is 0.0686. The van der Waals surface area contributed by atoms with Gasteiger partial charge in [-0.05, 0) is 36.4 Å². The number of nitrogens with two attached hydrogens (primary N) is 4. The molecule has 0 radical (unpaired) electrons. The maximum absolute atomic E-state index is 10.4. The lowest BCUT2D eigenvalue weighted by Crippen LogP contribution is -1.99. The lowest BCUT2D eigenvalue weighted by atomic mass is 10.2. The second-order valence-corrected chi connectivity index (χ2v) is 4.39. The third-order valence-corrected chi connectivity index (χ3v) is 2.45. The van der Waals surface area contributed by atoms with E-state index in [2.05, 4.69) is 0 Å². The smallest absolute Gasteiger partial charge is 0.335 e. The third-order valence-electron chi connectivity index (χ3n) is 2.45. The van der Waals surface area contributed by atoms with E-state index < -0.39 is 11.9 Å². The maximum atomic E-state index is 10.4. The Morgan fingerprint density at radius 2 is 0.818 bits per heavy atom. The SMILES string of the molecule is Nc1cc(N)cc(C(=O)O)c1.Nc1cc(N)cc(C(=O)O)c1. The van der Waals surface area contributed by atoms with Gasteiger partial charge in [0.05, 0.1) is 11.1 Å². The summed E-state index contributed by atoms with van der Waals surface area (Å²) < 4.78 is 0. The second-order valence-electron chi connectivity index (χ2n) is 4.39. The Morgan fingerprint density at radius 1 is 0.591 bits per heavy atom. The summed E-state index contributed by atoms with van der Waals surface area (Å²) in [5.74, 6) is -2.05. The van der Waals surface area contributed by atoms with Gasteiger partial charge in [-0.25, -0.2) is 9.59 Å². The van der Waals surface area contributed by atoms with Crippen molar-refractivity contribution in [2.45, 2.75) is 0 Å². The predicted octanol–water partition coefficient (Wildman–Crippen LogP) is 1.10. The molecular weight excluding hydrogens is 288 g/mol. The molecule has 0 bridgehead atoms. The number of carbonyl (C=O) groups is 2. The Balaban J connectivity index is 0.000000220. The van der Waals surface area contributed by atoms with Crippen LogP contribution in [-0.2, 0) is 0 Å². The monoisotopic (exact) mass is 304 g/mol. The molecule has 2 aromatic rings. The van der Waals surface area contributed by atoms with E-state index in [0.717, 1.165) is 0 Å². The van der Waals surface area contributed by atoms with Crippen molar-refractivity contribution in [2.24, 2.45) is 0 Å². The van der Waals surface area contributed by atoms with Gasteiger partial charge in [0, 0.05) is 22.7 Å². The molecule has 0 amide bonds. The molecule has 0 heterocycles. The summed E-state index contributed by atoms with van der Waals surface area (Å²) in [7, 11) is 0. The highest BCUT2D eigenvalue weighted by atomic mass is 16.4. The Bertz CT molecular complexity index is 614. The van der Waals surface area contributed by atoms with Gasteiger partial charge >= 0.3 is 11.9 Å². The fourth-order valence-corrected chi connectivity index (χ4v) is 1.60. The summed E-state index contributed by atoms with van der Waals surface area (Å²) in [6, 6.07) is 8.45.